The van der Waals surface area contributed by atoms with Crippen molar-refractivity contribution < 1.29 is 4.79 Å². The number of fused-ring (bicyclic) bond motifs is 2. The lowest BCUT2D eigenvalue weighted by atomic mass is 9.89. The number of nitrogens with one attached hydrogen (secondary N) is 1. The summed E-state index contributed by atoms with van der Waals surface area (Å²) < 4.78 is 0. The highest BCUT2D eigenvalue weighted by atomic mass is 16.2. The number of carbonyl (C=O) groups is 1. The number of carbonyl (C=O) groups excluding carboxylic acids is 1. The molecular weight excluding hydrogens is 226 g/mol. The Bertz CT molecular complexity index is 324. The second-order valence-corrected chi connectivity index (χ2v) is 5.56. The van der Waals surface area contributed by atoms with Gasteiger partial charge in [-0.15, -0.1) is 0 Å². The average Bonchev–Trinajstić information content (AvgIpc) is 2.70. The van der Waals surface area contributed by atoms with Crippen molar-refractivity contribution in [3.05, 3.63) is 0 Å². The zero-order valence-electron chi connectivity index (χ0n) is 11.2. The van der Waals surface area contributed by atoms with Crippen LogP contribution < -0.4 is 5.32 Å². The number of hydrogen-bond donors (Lipinski definition) is 1. The maximum Gasteiger partial charge on any atom is 0.222 e. The molecule has 0 aromatic heterocycles. The Morgan fingerprint density at radius 3 is 2.61 bits per heavy atom. The van der Waals surface area contributed by atoms with Crippen LogP contribution in [0.15, 0.2) is 0 Å². The van der Waals surface area contributed by atoms with Crippen molar-refractivity contribution in [3.63, 3.8) is 0 Å². The molecule has 0 radical (unpaired) electrons. The summed E-state index contributed by atoms with van der Waals surface area (Å²) in [6, 6.07) is 3.41. The summed E-state index contributed by atoms with van der Waals surface area (Å²) in [5, 5.41) is 12.2. The van der Waals surface area contributed by atoms with Gasteiger partial charge in [0.25, 0.3) is 0 Å². The van der Waals surface area contributed by atoms with Gasteiger partial charge in [-0.1, -0.05) is 0 Å². The lowest BCUT2D eigenvalue weighted by Crippen LogP contribution is -2.40. The molecule has 0 aromatic rings. The average molecular weight is 249 g/mol. The minimum atomic E-state index is 0.235. The smallest absolute Gasteiger partial charge is 0.222 e. The van der Waals surface area contributed by atoms with E-state index in [0.717, 1.165) is 19.4 Å². The highest BCUT2D eigenvalue weighted by Crippen LogP contribution is 2.32. The van der Waals surface area contributed by atoms with Crippen LogP contribution in [0.1, 0.15) is 45.4 Å². The lowest BCUT2D eigenvalue weighted by molar-refractivity contribution is -0.132. The van der Waals surface area contributed by atoms with Gasteiger partial charge >= 0.3 is 0 Å². The fourth-order valence-electron chi connectivity index (χ4n) is 3.36. The molecule has 2 saturated heterocycles. The van der Waals surface area contributed by atoms with Crippen LogP contribution in [0.25, 0.3) is 0 Å². The molecule has 2 rings (SSSR count). The summed E-state index contributed by atoms with van der Waals surface area (Å²) in [5.74, 6) is 0.784. The summed E-state index contributed by atoms with van der Waals surface area (Å²) >= 11 is 0. The monoisotopic (exact) mass is 249 g/mol. The number of hydrogen-bond acceptors (Lipinski definition) is 3. The maximum atomic E-state index is 12.2. The van der Waals surface area contributed by atoms with E-state index in [1.54, 1.807) is 0 Å². The van der Waals surface area contributed by atoms with Crippen LogP contribution in [0.4, 0.5) is 0 Å². The molecule has 1 amide bonds. The minimum absolute atomic E-state index is 0.235. The molecule has 0 saturated carbocycles. The second-order valence-electron chi connectivity index (χ2n) is 5.56. The van der Waals surface area contributed by atoms with Gasteiger partial charge < -0.3 is 10.2 Å². The first-order valence-corrected chi connectivity index (χ1v) is 7.13. The van der Waals surface area contributed by atoms with Crippen LogP contribution in [0.3, 0.4) is 0 Å². The van der Waals surface area contributed by atoms with Gasteiger partial charge in [-0.25, -0.2) is 0 Å². The van der Waals surface area contributed by atoms with Gasteiger partial charge in [0.2, 0.25) is 5.91 Å². The standard InChI is InChI=1S/C14H23N3O/c1-2-17(7-3-6-15)14(18)10-11-8-12-4-5-13(9-11)16-12/h11-13,16H,2-5,7-10H2,1H3. The SMILES string of the molecule is CCN(CCC#N)C(=O)CC1CC2CCC(C1)N2. The largest absolute Gasteiger partial charge is 0.342 e. The van der Waals surface area contributed by atoms with Crippen molar-refractivity contribution in [2.45, 2.75) is 57.5 Å². The van der Waals surface area contributed by atoms with Crippen LogP contribution in [-0.2, 0) is 4.79 Å². The van der Waals surface area contributed by atoms with Crippen molar-refractivity contribution in [2.75, 3.05) is 13.1 Å². The topological polar surface area (TPSA) is 56.1 Å². The number of amides is 1. The zero-order valence-corrected chi connectivity index (χ0v) is 11.2. The van der Waals surface area contributed by atoms with Gasteiger partial charge in [0.1, 0.15) is 0 Å². The van der Waals surface area contributed by atoms with Gasteiger partial charge in [0.05, 0.1) is 12.5 Å². The molecule has 2 fully saturated rings. The molecule has 4 nitrogen and oxygen atoms in total. The fourth-order valence-corrected chi connectivity index (χ4v) is 3.36. The molecular formula is C14H23N3O. The Labute approximate surface area is 109 Å². The Kier molecular flexibility index (Phi) is 4.60. The summed E-state index contributed by atoms with van der Waals surface area (Å²) in [6.45, 7) is 3.30. The van der Waals surface area contributed by atoms with Crippen LogP contribution in [-0.4, -0.2) is 36.0 Å². The molecule has 2 heterocycles. The molecule has 2 atom stereocenters. The summed E-state index contributed by atoms with van der Waals surface area (Å²) in [4.78, 5) is 14.0. The first-order chi connectivity index (χ1) is 8.72. The summed E-state index contributed by atoms with van der Waals surface area (Å²) in [6.07, 6.45) is 5.98. The third-order valence-electron chi connectivity index (χ3n) is 4.26. The number of piperidine rings is 1. The molecule has 0 aliphatic carbocycles. The van der Waals surface area contributed by atoms with Crippen molar-refractivity contribution in [1.29, 1.82) is 5.26 Å². The Morgan fingerprint density at radius 1 is 1.39 bits per heavy atom. The molecule has 2 aliphatic heterocycles. The van der Waals surface area contributed by atoms with Gasteiger partial charge in [0, 0.05) is 31.6 Å². The van der Waals surface area contributed by atoms with E-state index in [9.17, 15) is 4.79 Å². The lowest BCUT2D eigenvalue weighted by Gasteiger charge is -2.30. The van der Waals surface area contributed by atoms with Crippen molar-refractivity contribution in [1.82, 2.24) is 10.2 Å². The quantitative estimate of drug-likeness (QED) is 0.806. The van der Waals surface area contributed by atoms with E-state index in [-0.39, 0.29) is 5.91 Å². The molecule has 0 spiro atoms. The highest BCUT2D eigenvalue weighted by Gasteiger charge is 2.34. The van der Waals surface area contributed by atoms with Gasteiger partial charge in [-0.3, -0.25) is 4.79 Å². The predicted octanol–water partition coefficient (Wildman–Crippen LogP) is 1.67. The first-order valence-electron chi connectivity index (χ1n) is 7.13. The third kappa shape index (κ3) is 3.23. The van der Waals surface area contributed by atoms with E-state index in [4.69, 9.17) is 5.26 Å². The zero-order chi connectivity index (χ0) is 13.0. The summed E-state index contributed by atoms with van der Waals surface area (Å²) in [7, 11) is 0. The highest BCUT2D eigenvalue weighted by molar-refractivity contribution is 5.76. The summed E-state index contributed by atoms with van der Waals surface area (Å²) in [5.41, 5.74) is 0. The van der Waals surface area contributed by atoms with Gasteiger partial charge in [0.15, 0.2) is 0 Å². The molecule has 1 N–H and O–H groups in total. The minimum Gasteiger partial charge on any atom is -0.342 e. The van der Waals surface area contributed by atoms with Gasteiger partial charge in [-0.2, -0.15) is 5.26 Å². The maximum absolute atomic E-state index is 12.2. The van der Waals surface area contributed by atoms with E-state index in [1.807, 2.05) is 11.8 Å². The molecule has 2 bridgehead atoms. The first kappa shape index (κ1) is 13.4. The Hall–Kier alpha value is -1.08. The van der Waals surface area contributed by atoms with Crippen LogP contribution in [0.5, 0.6) is 0 Å². The van der Waals surface area contributed by atoms with E-state index in [1.165, 1.54) is 12.8 Å². The second kappa shape index (κ2) is 6.19. The number of rotatable bonds is 5. The van der Waals surface area contributed by atoms with Crippen LogP contribution >= 0.6 is 0 Å². The molecule has 0 aromatic carbocycles. The predicted molar refractivity (Wildman–Crippen MR) is 69.8 cm³/mol. The van der Waals surface area contributed by atoms with E-state index < -0.39 is 0 Å². The molecule has 4 heteroatoms. The van der Waals surface area contributed by atoms with Gasteiger partial charge in [-0.05, 0) is 38.5 Å². The van der Waals surface area contributed by atoms with Crippen molar-refractivity contribution in [2.24, 2.45) is 5.92 Å². The van der Waals surface area contributed by atoms with E-state index in [2.05, 4.69) is 11.4 Å². The number of nitrogens with zero attached hydrogens (tertiary/aromatic N) is 2. The van der Waals surface area contributed by atoms with Crippen molar-refractivity contribution >= 4 is 5.91 Å². The Morgan fingerprint density at radius 2 is 2.06 bits per heavy atom. The third-order valence-corrected chi connectivity index (χ3v) is 4.26. The number of nitriles is 1. The molecule has 2 aliphatic rings. The molecule has 18 heavy (non-hydrogen) atoms. The molecule has 2 unspecified atom stereocenters. The van der Waals surface area contributed by atoms with Crippen LogP contribution in [0, 0.1) is 17.2 Å². The fraction of sp³-hybridized carbons (Fsp3) is 0.857. The van der Waals surface area contributed by atoms with E-state index >= 15 is 0 Å². The molecule has 100 valence electrons. The Balaban J connectivity index is 1.81. The normalized spacial score (nSPS) is 29.9. The van der Waals surface area contributed by atoms with Crippen LogP contribution in [0.2, 0.25) is 0 Å². The van der Waals surface area contributed by atoms with Crippen molar-refractivity contribution in [3.8, 4) is 6.07 Å². The van der Waals surface area contributed by atoms with E-state index in [0.29, 0.717) is 37.4 Å².